The topological polar surface area (TPSA) is 21.7 Å². The van der Waals surface area contributed by atoms with Crippen LogP contribution >= 0.6 is 0 Å². The number of anilines is 1. The Hall–Kier alpha value is -3.20. The standard InChI is InChI=1S/C24H21NO2/c1-16-7-3-6-10-21(16)25-14-19-8-4-5-9-20(19)24(17(25)2)18-11-12-22-23(13-18)27-15-26-22/h3-13H,14-15H2,1-2H3. The molecule has 0 N–H and O–H groups in total. The predicted octanol–water partition coefficient (Wildman–Crippen LogP) is 5.52. The number of para-hydroxylation sites is 1. The van der Waals surface area contributed by atoms with Gasteiger partial charge in [-0.25, -0.2) is 0 Å². The molecule has 0 aromatic heterocycles. The number of ether oxygens (including phenoxy) is 2. The lowest BCUT2D eigenvalue weighted by molar-refractivity contribution is 0.174. The first-order valence-electron chi connectivity index (χ1n) is 9.25. The molecular formula is C24H21NO2. The van der Waals surface area contributed by atoms with Gasteiger partial charge in [-0.1, -0.05) is 48.5 Å². The summed E-state index contributed by atoms with van der Waals surface area (Å²) in [5.41, 5.74) is 8.81. The van der Waals surface area contributed by atoms with Gasteiger partial charge in [-0.15, -0.1) is 0 Å². The van der Waals surface area contributed by atoms with E-state index in [1.807, 2.05) is 6.07 Å². The van der Waals surface area contributed by atoms with Crippen LogP contribution in [0.25, 0.3) is 5.57 Å². The summed E-state index contributed by atoms with van der Waals surface area (Å²) in [4.78, 5) is 2.41. The lowest BCUT2D eigenvalue weighted by atomic mass is 9.88. The first kappa shape index (κ1) is 16.0. The highest BCUT2D eigenvalue weighted by molar-refractivity contribution is 5.88. The molecule has 2 aliphatic rings. The van der Waals surface area contributed by atoms with Gasteiger partial charge >= 0.3 is 0 Å². The lowest BCUT2D eigenvalue weighted by Crippen LogP contribution is -2.27. The molecule has 0 fully saturated rings. The zero-order valence-corrected chi connectivity index (χ0v) is 15.5. The van der Waals surface area contributed by atoms with Gasteiger partial charge in [0.15, 0.2) is 11.5 Å². The van der Waals surface area contributed by atoms with Crippen LogP contribution in [0.1, 0.15) is 29.2 Å². The predicted molar refractivity (Wildman–Crippen MR) is 108 cm³/mol. The highest BCUT2D eigenvalue weighted by atomic mass is 16.7. The van der Waals surface area contributed by atoms with Crippen LogP contribution in [-0.4, -0.2) is 6.79 Å². The highest BCUT2D eigenvalue weighted by Gasteiger charge is 2.26. The lowest BCUT2D eigenvalue weighted by Gasteiger charge is -2.35. The van der Waals surface area contributed by atoms with Crippen molar-refractivity contribution in [3.05, 3.63) is 94.7 Å². The Morgan fingerprint density at radius 2 is 1.59 bits per heavy atom. The van der Waals surface area contributed by atoms with Crippen LogP contribution in [0, 0.1) is 6.92 Å². The summed E-state index contributed by atoms with van der Waals surface area (Å²) >= 11 is 0. The van der Waals surface area contributed by atoms with Crippen molar-refractivity contribution in [1.82, 2.24) is 0 Å². The molecular weight excluding hydrogens is 334 g/mol. The fraction of sp³-hybridized carbons (Fsp3) is 0.167. The summed E-state index contributed by atoms with van der Waals surface area (Å²) in [6.45, 7) is 5.55. The molecule has 0 unspecified atom stereocenters. The third-order valence-electron chi connectivity index (χ3n) is 5.45. The molecule has 3 aromatic carbocycles. The largest absolute Gasteiger partial charge is 0.454 e. The normalized spacial score (nSPS) is 15.1. The minimum absolute atomic E-state index is 0.294. The van der Waals surface area contributed by atoms with Gasteiger partial charge < -0.3 is 14.4 Å². The van der Waals surface area contributed by atoms with Crippen LogP contribution in [0.4, 0.5) is 5.69 Å². The Morgan fingerprint density at radius 1 is 0.815 bits per heavy atom. The van der Waals surface area contributed by atoms with Gasteiger partial charge in [0.05, 0.1) is 0 Å². The Balaban J connectivity index is 1.72. The average Bonchev–Trinajstić information content (AvgIpc) is 3.16. The van der Waals surface area contributed by atoms with Crippen LogP contribution < -0.4 is 14.4 Å². The van der Waals surface area contributed by atoms with E-state index in [1.165, 1.54) is 33.6 Å². The van der Waals surface area contributed by atoms with E-state index in [-0.39, 0.29) is 0 Å². The zero-order valence-electron chi connectivity index (χ0n) is 15.5. The third kappa shape index (κ3) is 2.58. The molecule has 3 nitrogen and oxygen atoms in total. The second-order valence-electron chi connectivity index (χ2n) is 7.06. The Bertz CT molecular complexity index is 1070. The van der Waals surface area contributed by atoms with Crippen molar-refractivity contribution in [3.8, 4) is 11.5 Å². The van der Waals surface area contributed by atoms with Crippen LogP contribution in [-0.2, 0) is 6.54 Å². The van der Waals surface area contributed by atoms with Crippen LogP contribution in [0.5, 0.6) is 11.5 Å². The molecule has 0 aliphatic carbocycles. The van der Waals surface area contributed by atoms with Gasteiger partial charge in [0.1, 0.15) is 0 Å². The Morgan fingerprint density at radius 3 is 2.48 bits per heavy atom. The van der Waals surface area contributed by atoms with Gasteiger partial charge in [-0.2, -0.15) is 0 Å². The number of allylic oxidation sites excluding steroid dienone is 1. The van der Waals surface area contributed by atoms with Gasteiger partial charge in [0, 0.05) is 23.5 Å². The SMILES string of the molecule is CC1=C(c2ccc3c(c2)OCO3)c2ccccc2CN1c1ccccc1C. The summed E-state index contributed by atoms with van der Waals surface area (Å²) < 4.78 is 11.1. The number of rotatable bonds is 2. The second kappa shape index (κ2) is 6.20. The smallest absolute Gasteiger partial charge is 0.231 e. The van der Waals surface area contributed by atoms with E-state index in [4.69, 9.17) is 9.47 Å². The molecule has 0 spiro atoms. The first-order valence-corrected chi connectivity index (χ1v) is 9.25. The molecule has 134 valence electrons. The van der Waals surface area contributed by atoms with E-state index in [1.54, 1.807) is 0 Å². The number of benzene rings is 3. The van der Waals surface area contributed by atoms with Gasteiger partial charge in [0.2, 0.25) is 6.79 Å². The maximum Gasteiger partial charge on any atom is 0.231 e. The zero-order chi connectivity index (χ0) is 18.4. The van der Waals surface area contributed by atoms with Crippen LogP contribution in [0.2, 0.25) is 0 Å². The van der Waals surface area contributed by atoms with Crippen molar-refractivity contribution in [1.29, 1.82) is 0 Å². The molecule has 2 aliphatic heterocycles. The maximum absolute atomic E-state index is 5.63. The summed E-state index contributed by atoms with van der Waals surface area (Å²) in [5.74, 6) is 1.63. The molecule has 27 heavy (non-hydrogen) atoms. The van der Waals surface area contributed by atoms with E-state index < -0.39 is 0 Å². The van der Waals surface area contributed by atoms with Crippen molar-refractivity contribution in [2.45, 2.75) is 20.4 Å². The summed E-state index contributed by atoms with van der Waals surface area (Å²) in [7, 11) is 0. The number of aryl methyl sites for hydroxylation is 1. The minimum Gasteiger partial charge on any atom is -0.454 e. The fourth-order valence-electron chi connectivity index (χ4n) is 4.07. The quantitative estimate of drug-likeness (QED) is 0.604. The molecule has 3 heteroatoms. The van der Waals surface area contributed by atoms with Gasteiger partial charge in [-0.3, -0.25) is 0 Å². The fourth-order valence-corrected chi connectivity index (χ4v) is 4.07. The number of nitrogens with zero attached hydrogens (tertiary/aromatic N) is 1. The van der Waals surface area contributed by atoms with Crippen molar-refractivity contribution in [2.75, 3.05) is 11.7 Å². The minimum atomic E-state index is 0.294. The van der Waals surface area contributed by atoms with E-state index in [0.29, 0.717) is 6.79 Å². The van der Waals surface area contributed by atoms with Gasteiger partial charge in [-0.05, 0) is 54.3 Å². The van der Waals surface area contributed by atoms with Crippen molar-refractivity contribution >= 4 is 11.3 Å². The van der Waals surface area contributed by atoms with Crippen molar-refractivity contribution in [2.24, 2.45) is 0 Å². The molecule has 0 bridgehead atoms. The maximum atomic E-state index is 5.63. The first-order chi connectivity index (χ1) is 13.2. The molecule has 0 radical (unpaired) electrons. The third-order valence-corrected chi connectivity index (χ3v) is 5.45. The number of fused-ring (bicyclic) bond motifs is 2. The molecule has 2 heterocycles. The highest BCUT2D eigenvalue weighted by Crippen LogP contribution is 2.42. The van der Waals surface area contributed by atoms with Crippen molar-refractivity contribution < 1.29 is 9.47 Å². The molecule has 0 atom stereocenters. The summed E-state index contributed by atoms with van der Waals surface area (Å²) in [6.07, 6.45) is 0. The summed E-state index contributed by atoms with van der Waals surface area (Å²) in [6, 6.07) is 23.5. The molecule has 3 aromatic rings. The van der Waals surface area contributed by atoms with E-state index >= 15 is 0 Å². The Labute approximate surface area is 159 Å². The van der Waals surface area contributed by atoms with Gasteiger partial charge in [0.25, 0.3) is 0 Å². The van der Waals surface area contributed by atoms with Crippen LogP contribution in [0.3, 0.4) is 0 Å². The molecule has 5 rings (SSSR count). The summed E-state index contributed by atoms with van der Waals surface area (Å²) in [5, 5.41) is 0. The average molecular weight is 355 g/mol. The van der Waals surface area contributed by atoms with Crippen LogP contribution in [0.15, 0.2) is 72.4 Å². The molecule has 0 saturated carbocycles. The van der Waals surface area contributed by atoms with E-state index in [9.17, 15) is 0 Å². The second-order valence-corrected chi connectivity index (χ2v) is 7.06. The number of hydrogen-bond donors (Lipinski definition) is 0. The van der Waals surface area contributed by atoms with E-state index in [0.717, 1.165) is 23.6 Å². The molecule has 0 saturated heterocycles. The Kier molecular flexibility index (Phi) is 3.68. The van der Waals surface area contributed by atoms with E-state index in [2.05, 4.69) is 79.4 Å². The molecule has 0 amide bonds. The van der Waals surface area contributed by atoms with Crippen molar-refractivity contribution in [3.63, 3.8) is 0 Å². The number of hydrogen-bond acceptors (Lipinski definition) is 3. The monoisotopic (exact) mass is 355 g/mol.